The van der Waals surface area contributed by atoms with Crippen LogP contribution in [0.1, 0.15) is 50.2 Å². The molecule has 15 rings (SSSR count). The van der Waals surface area contributed by atoms with Crippen LogP contribution in [-0.2, 0) is 22.4 Å². The number of H-pyrrole nitrogens is 1. The van der Waals surface area contributed by atoms with Crippen molar-refractivity contribution in [3.63, 3.8) is 0 Å². The highest BCUT2D eigenvalue weighted by Crippen LogP contribution is 2.39. The number of anilines is 2. The Hall–Kier alpha value is -10.7. The van der Waals surface area contributed by atoms with E-state index in [0.29, 0.717) is 65.6 Å². The van der Waals surface area contributed by atoms with E-state index in [1.807, 2.05) is 140 Å². The number of aliphatic imine (C=N–C) groups is 3. The van der Waals surface area contributed by atoms with Crippen LogP contribution in [0.5, 0.6) is 34.5 Å². The lowest BCUT2D eigenvalue weighted by atomic mass is 9.79. The SMILES string of the molecule is CC1(C)OB(C2=CCN=C2)OC1(C)C.COc1ccc(CN)cc1.COc1ccc(CNc2nc(C3=CCN=C3)c3cccc(OC)c3n2)cc1.COc1cccc2c(-c3cn[nH]c3)nc(N)nc12.COc1cccc2c(C3=CCN=C3)nc(Cl)nc12.COc1cccc2c(Cl)nc(Cl)nc12. The lowest BCUT2D eigenvalue weighted by Gasteiger charge is -2.32. The van der Waals surface area contributed by atoms with E-state index in [9.17, 15) is 0 Å². The fourth-order valence-electron chi connectivity index (χ4n) is 10.4. The number of aromatic amines is 1. The summed E-state index contributed by atoms with van der Waals surface area (Å²) in [4.78, 5) is 46.9. The molecule has 1 fully saturated rings. The molecular weight excluding hydrogens is 1350 g/mol. The van der Waals surface area contributed by atoms with Gasteiger partial charge < -0.3 is 54.5 Å². The average Bonchev–Trinajstić information content (AvgIpc) is 1.73. The molecule has 4 aliphatic heterocycles. The number of nitrogens with two attached hydrogens (primary N) is 2. The first kappa shape index (κ1) is 73.1. The number of allylic oxidation sites excluding steroid dienone is 3. The number of halogens is 3. The standard InChI is InChI=1S/C21H20N4O2.C13H10ClN3O.C12H11N5O.C10H16BNO2.C9H6Cl2N2O.C8H11NO/c1-26-16-8-6-14(7-9-16)12-23-21-24-19(15-10-11-22-13-15)17-4-3-5-18(27-2)20(17)25-21;1-18-10-4-2-3-9-11(8-5-6-15-7-8)16-13(14)17-12(9)10;1-18-9-4-2-3-8-10(7-5-14-15-6-7)16-12(13)17-11(8)9;1-9(2)10(3,4)14-11(13-9)8-5-6-12-7-8;1-14-6-4-2-3-5-7(6)12-9(11)13-8(5)10;1-10-8-4-2-7(6-9)3-5-8/h3-10,13H,11-12H2,1-2H3,(H,23,24,25);2-5,7H,6H2,1H3;2-6H,1H3,(H,14,15)(H2,13,16,17);5,7H,6H2,1-4H3;2-4H,1H3;2-5H,6,9H2,1H3. The zero-order valence-corrected chi connectivity index (χ0v) is 59.5. The number of hydrogen-bond acceptors (Lipinski definition) is 23. The van der Waals surface area contributed by atoms with Gasteiger partial charge in [-0.1, -0.05) is 96.6 Å². The summed E-state index contributed by atoms with van der Waals surface area (Å²) in [6.07, 6.45) is 15.1. The number of fused-ring (bicyclic) bond motifs is 4. The van der Waals surface area contributed by atoms with Crippen LogP contribution in [0.15, 0.2) is 172 Å². The second-order valence-electron chi connectivity index (χ2n) is 23.2. The van der Waals surface area contributed by atoms with Gasteiger partial charge in [-0.25, -0.2) is 39.9 Å². The Morgan fingerprint density at radius 3 is 1.42 bits per heavy atom. The summed E-state index contributed by atoms with van der Waals surface area (Å²) >= 11 is 17.6. The van der Waals surface area contributed by atoms with Gasteiger partial charge in [0.1, 0.15) is 61.7 Å². The largest absolute Gasteiger partial charge is 0.497 e. The molecule has 1 saturated heterocycles. The topological polar surface area (TPSA) is 307 Å². The first-order valence-electron chi connectivity index (χ1n) is 31.6. The van der Waals surface area contributed by atoms with E-state index in [1.54, 1.807) is 67.3 Å². The van der Waals surface area contributed by atoms with Crippen molar-refractivity contribution < 1.29 is 37.7 Å². The molecular formula is C73H74BCl3N16O8. The molecule has 0 bridgehead atoms. The average molecular weight is 1420 g/mol. The summed E-state index contributed by atoms with van der Waals surface area (Å²) in [5.74, 6) is 5.19. The van der Waals surface area contributed by atoms with Gasteiger partial charge >= 0.3 is 7.12 Å². The van der Waals surface area contributed by atoms with Gasteiger partial charge in [0.05, 0.1) is 96.8 Å². The van der Waals surface area contributed by atoms with Crippen LogP contribution in [0.2, 0.25) is 15.7 Å². The minimum Gasteiger partial charge on any atom is -0.497 e. The maximum Gasteiger partial charge on any atom is 0.496 e. The maximum atomic E-state index is 5.98. The molecule has 0 unspecified atom stereocenters. The molecule has 0 aliphatic carbocycles. The summed E-state index contributed by atoms with van der Waals surface area (Å²) in [7, 11) is 9.50. The Morgan fingerprint density at radius 2 is 0.950 bits per heavy atom. The molecule has 101 heavy (non-hydrogen) atoms. The van der Waals surface area contributed by atoms with Crippen molar-refractivity contribution in [2.45, 2.75) is 52.0 Å². The molecule has 5 aromatic heterocycles. The van der Waals surface area contributed by atoms with Crippen molar-refractivity contribution in [3.05, 3.63) is 196 Å². The Kier molecular flexibility index (Phi) is 24.5. The van der Waals surface area contributed by atoms with Crippen LogP contribution < -0.4 is 45.2 Å². The zero-order valence-electron chi connectivity index (χ0n) is 57.2. The summed E-state index contributed by atoms with van der Waals surface area (Å²) < 4.78 is 43.1. The Labute approximate surface area is 599 Å². The quantitative estimate of drug-likeness (QED) is 0.0446. The van der Waals surface area contributed by atoms with Crippen LogP contribution in [-0.4, -0.2) is 149 Å². The van der Waals surface area contributed by atoms with Crippen molar-refractivity contribution >= 4 is 127 Å². The van der Waals surface area contributed by atoms with Gasteiger partial charge in [-0.05, 0) is 122 Å². The van der Waals surface area contributed by atoms with Gasteiger partial charge in [0.15, 0.2) is 0 Å². The van der Waals surface area contributed by atoms with Gasteiger partial charge in [0, 0.05) is 76.2 Å². The van der Waals surface area contributed by atoms with Crippen LogP contribution in [0.3, 0.4) is 0 Å². The molecule has 0 saturated carbocycles. The molecule has 518 valence electrons. The molecule has 0 atom stereocenters. The Balaban J connectivity index is 0.000000134. The summed E-state index contributed by atoms with van der Waals surface area (Å²) in [6, 6.07) is 38.3. The predicted molar refractivity (Wildman–Crippen MR) is 403 cm³/mol. The number of nitrogens with zero attached hydrogens (tertiary/aromatic N) is 12. The van der Waals surface area contributed by atoms with E-state index in [1.165, 1.54) is 0 Å². The second-order valence-corrected chi connectivity index (χ2v) is 24.2. The van der Waals surface area contributed by atoms with Gasteiger partial charge in [-0.15, -0.1) is 0 Å². The number of para-hydroxylation sites is 4. The van der Waals surface area contributed by atoms with Crippen molar-refractivity contribution in [2.75, 3.05) is 73.3 Å². The minimum absolute atomic E-state index is 0.118. The van der Waals surface area contributed by atoms with E-state index >= 15 is 0 Å². The third-order valence-electron chi connectivity index (χ3n) is 16.4. The van der Waals surface area contributed by atoms with Crippen LogP contribution >= 0.6 is 34.8 Å². The number of nitrogen functional groups attached to an aromatic ring is 1. The maximum absolute atomic E-state index is 5.98. The first-order chi connectivity index (χ1) is 48.9. The highest BCUT2D eigenvalue weighted by molar-refractivity contribution is 6.60. The monoisotopic (exact) mass is 1420 g/mol. The number of methoxy groups -OCH3 is 6. The lowest BCUT2D eigenvalue weighted by molar-refractivity contribution is 0.00578. The molecule has 0 amide bonds. The van der Waals surface area contributed by atoms with E-state index in [4.69, 9.17) is 89.0 Å². The molecule has 6 aromatic carbocycles. The van der Waals surface area contributed by atoms with E-state index in [-0.39, 0.29) is 34.8 Å². The number of nitrogens with one attached hydrogen (secondary N) is 2. The van der Waals surface area contributed by atoms with Crippen molar-refractivity contribution in [1.82, 2.24) is 50.1 Å². The number of ether oxygens (including phenoxy) is 6. The molecule has 24 nitrogen and oxygen atoms in total. The highest BCUT2D eigenvalue weighted by atomic mass is 35.5. The molecule has 0 radical (unpaired) electrons. The van der Waals surface area contributed by atoms with Crippen LogP contribution in [0, 0.1) is 0 Å². The smallest absolute Gasteiger partial charge is 0.496 e. The van der Waals surface area contributed by atoms with Gasteiger partial charge in [-0.3, -0.25) is 20.1 Å². The number of benzene rings is 6. The molecule has 28 heteroatoms. The molecule has 4 aliphatic rings. The summed E-state index contributed by atoms with van der Waals surface area (Å²) in [6.45, 7) is 11.5. The molecule has 11 aromatic rings. The van der Waals surface area contributed by atoms with Crippen LogP contribution in [0.4, 0.5) is 11.9 Å². The zero-order chi connectivity index (χ0) is 71.6. The fourth-order valence-corrected chi connectivity index (χ4v) is 11.0. The lowest BCUT2D eigenvalue weighted by Crippen LogP contribution is -2.41. The molecule has 9 heterocycles. The third-order valence-corrected chi connectivity index (χ3v) is 17.0. The van der Waals surface area contributed by atoms with Gasteiger partial charge in [0.2, 0.25) is 22.5 Å². The van der Waals surface area contributed by atoms with Crippen molar-refractivity contribution in [2.24, 2.45) is 20.7 Å². The molecule has 0 spiro atoms. The summed E-state index contributed by atoms with van der Waals surface area (Å²) in [5, 5.41) is 14.1. The minimum atomic E-state index is -0.255. The first-order valence-corrected chi connectivity index (χ1v) is 32.8. The second kappa shape index (κ2) is 33.9. The number of hydrogen-bond donors (Lipinski definition) is 4. The van der Waals surface area contributed by atoms with Gasteiger partial charge in [-0.2, -0.15) is 5.10 Å². The predicted octanol–water partition coefficient (Wildman–Crippen LogP) is 13.8. The fraction of sp³-hybridized carbons (Fsp3) is 0.233. The third kappa shape index (κ3) is 17.9. The van der Waals surface area contributed by atoms with Crippen molar-refractivity contribution in [1.29, 1.82) is 0 Å². The molecule has 6 N–H and O–H groups in total. The van der Waals surface area contributed by atoms with Crippen LogP contribution in [0.25, 0.3) is 66.0 Å². The van der Waals surface area contributed by atoms with E-state index < -0.39 is 0 Å². The summed E-state index contributed by atoms with van der Waals surface area (Å²) in [5.41, 5.74) is 22.0. The van der Waals surface area contributed by atoms with E-state index in [2.05, 4.69) is 99.2 Å². The highest BCUT2D eigenvalue weighted by Gasteiger charge is 2.52. The number of rotatable bonds is 14. The normalized spacial score (nSPS) is 14.2. The Bertz CT molecular complexity index is 4870. The number of aromatic nitrogens is 10. The van der Waals surface area contributed by atoms with Gasteiger partial charge in [0.25, 0.3) is 0 Å². The van der Waals surface area contributed by atoms with E-state index in [0.717, 1.165) is 107 Å². The van der Waals surface area contributed by atoms with Crippen molar-refractivity contribution in [3.8, 4) is 45.8 Å². The Morgan fingerprint density at radius 1 is 0.495 bits per heavy atom.